The Morgan fingerprint density at radius 2 is 2.04 bits per heavy atom. The molecule has 1 aliphatic heterocycles. The van der Waals surface area contributed by atoms with Crippen LogP contribution >= 0.6 is 11.8 Å². The number of rotatable bonds is 4. The molecular weight excluding hydrogens is 355 g/mol. The molecule has 26 heavy (non-hydrogen) atoms. The molecule has 132 valence electrons. The van der Waals surface area contributed by atoms with Crippen LogP contribution in [0, 0.1) is 5.82 Å². The number of carboxylic acid groups (broad SMARTS) is 1. The second-order valence-electron chi connectivity index (χ2n) is 5.46. The van der Waals surface area contributed by atoms with Gasteiger partial charge < -0.3 is 5.11 Å². The third-order valence-corrected chi connectivity index (χ3v) is 4.68. The van der Waals surface area contributed by atoms with Gasteiger partial charge in [-0.15, -0.1) is 0 Å². The lowest BCUT2D eigenvalue weighted by Gasteiger charge is -2.12. The highest BCUT2D eigenvalue weighted by Crippen LogP contribution is 2.34. The molecule has 7 heteroatoms. The Balaban J connectivity index is 1.94. The van der Waals surface area contributed by atoms with Gasteiger partial charge in [0.25, 0.3) is 5.91 Å². The average molecular weight is 370 g/mol. The van der Waals surface area contributed by atoms with E-state index in [2.05, 4.69) is 4.99 Å². The molecule has 5 nitrogen and oxygen atoms in total. The van der Waals surface area contributed by atoms with Crippen LogP contribution in [0.2, 0.25) is 0 Å². The lowest BCUT2D eigenvalue weighted by atomic mass is 10.2. The number of halogens is 1. The summed E-state index contributed by atoms with van der Waals surface area (Å²) in [5.41, 5.74) is 1.16. The Bertz CT molecular complexity index is 940. The van der Waals surface area contributed by atoms with Gasteiger partial charge >= 0.3 is 5.97 Å². The number of nitrogens with zero attached hydrogens (tertiary/aromatic N) is 2. The summed E-state index contributed by atoms with van der Waals surface area (Å²) in [6, 6.07) is 12.2. The molecule has 1 aliphatic rings. The van der Waals surface area contributed by atoms with E-state index in [0.717, 1.165) is 0 Å². The number of aliphatic imine (C=N–C) groups is 1. The highest BCUT2D eigenvalue weighted by molar-refractivity contribution is 8.18. The lowest BCUT2D eigenvalue weighted by Crippen LogP contribution is -2.28. The number of carboxylic acids is 1. The Kier molecular flexibility index (Phi) is 5.18. The largest absolute Gasteiger partial charge is 0.478 e. The van der Waals surface area contributed by atoms with Crippen LogP contribution in [-0.4, -0.2) is 33.6 Å². The zero-order valence-corrected chi connectivity index (χ0v) is 14.7. The number of likely N-dealkylation sites (N-methyl/N-ethyl adjacent to an activating group) is 1. The predicted octanol–water partition coefficient (Wildman–Crippen LogP) is 4.15. The second-order valence-corrected chi connectivity index (χ2v) is 6.47. The third-order valence-electron chi connectivity index (χ3n) is 3.67. The van der Waals surface area contributed by atoms with E-state index in [1.165, 1.54) is 40.9 Å². The van der Waals surface area contributed by atoms with Crippen molar-refractivity contribution in [2.45, 2.75) is 6.92 Å². The summed E-state index contributed by atoms with van der Waals surface area (Å²) in [6.45, 7) is 2.25. The number of hydrogen-bond acceptors (Lipinski definition) is 4. The van der Waals surface area contributed by atoms with E-state index < -0.39 is 5.97 Å². The molecule has 1 amide bonds. The number of hydrogen-bond donors (Lipinski definition) is 1. The summed E-state index contributed by atoms with van der Waals surface area (Å²) in [6.07, 6.45) is 1.62. The molecule has 0 aliphatic carbocycles. The highest BCUT2D eigenvalue weighted by atomic mass is 32.2. The minimum absolute atomic E-state index is 0.125. The first-order valence-electron chi connectivity index (χ1n) is 7.87. The molecule has 2 aromatic rings. The number of carbonyl (C=O) groups excluding carboxylic acids is 1. The number of carbonyl (C=O) groups is 2. The van der Waals surface area contributed by atoms with Crippen molar-refractivity contribution >= 4 is 40.6 Å². The Labute approximate surface area is 153 Å². The smallest absolute Gasteiger partial charge is 0.335 e. The van der Waals surface area contributed by atoms with Gasteiger partial charge in [-0.1, -0.05) is 18.2 Å². The molecule has 0 spiro atoms. The zero-order chi connectivity index (χ0) is 18.7. The quantitative estimate of drug-likeness (QED) is 0.821. The van der Waals surface area contributed by atoms with Crippen LogP contribution in [0.3, 0.4) is 0 Å². The van der Waals surface area contributed by atoms with Crippen molar-refractivity contribution < 1.29 is 19.1 Å². The Morgan fingerprint density at radius 3 is 2.73 bits per heavy atom. The Hall–Kier alpha value is -2.93. The first kappa shape index (κ1) is 17.9. The van der Waals surface area contributed by atoms with Crippen LogP contribution in [0.5, 0.6) is 0 Å². The summed E-state index contributed by atoms with van der Waals surface area (Å²) in [5, 5.41) is 9.54. The molecule has 0 unspecified atom stereocenters. The zero-order valence-electron chi connectivity index (χ0n) is 13.8. The molecule has 0 atom stereocenters. The van der Waals surface area contributed by atoms with Crippen molar-refractivity contribution in [1.82, 2.24) is 4.90 Å². The van der Waals surface area contributed by atoms with E-state index in [1.54, 1.807) is 30.3 Å². The van der Waals surface area contributed by atoms with Gasteiger partial charge in [-0.05, 0) is 60.7 Å². The predicted molar refractivity (Wildman–Crippen MR) is 99.9 cm³/mol. The van der Waals surface area contributed by atoms with Crippen LogP contribution in [0.4, 0.5) is 10.1 Å². The molecule has 0 bridgehead atoms. The van der Waals surface area contributed by atoms with Crippen LogP contribution < -0.4 is 0 Å². The van der Waals surface area contributed by atoms with E-state index >= 15 is 0 Å². The fraction of sp³-hybridized carbons (Fsp3) is 0.105. The maximum atomic E-state index is 13.3. The average Bonchev–Trinajstić information content (AvgIpc) is 2.89. The summed E-state index contributed by atoms with van der Waals surface area (Å²) >= 11 is 1.18. The number of amides is 1. The summed E-state index contributed by atoms with van der Waals surface area (Å²) in [4.78, 5) is 30.0. The molecule has 3 rings (SSSR count). The van der Waals surface area contributed by atoms with Crippen LogP contribution in [0.15, 0.2) is 58.4 Å². The van der Waals surface area contributed by atoms with Gasteiger partial charge in [-0.3, -0.25) is 9.69 Å². The van der Waals surface area contributed by atoms with Crippen molar-refractivity contribution in [3.05, 3.63) is 70.4 Å². The topological polar surface area (TPSA) is 70.0 Å². The standard InChI is InChI=1S/C19H15FN2O3S/c1-2-22-17(23)16(10-12-5-3-7-14(20)9-12)26-19(22)21-15-8-4-6-13(11-15)18(24)25/h3-11H,2H2,1H3,(H,24,25)/b16-10-,21-19?. The van der Waals surface area contributed by atoms with Gasteiger partial charge in [0.1, 0.15) is 5.82 Å². The molecule has 0 aromatic heterocycles. The lowest BCUT2D eigenvalue weighted by molar-refractivity contribution is -0.122. The van der Waals surface area contributed by atoms with Crippen molar-refractivity contribution in [1.29, 1.82) is 0 Å². The van der Waals surface area contributed by atoms with Gasteiger partial charge in [-0.25, -0.2) is 14.2 Å². The molecule has 1 saturated heterocycles. The summed E-state index contributed by atoms with van der Waals surface area (Å²) < 4.78 is 13.3. The molecule has 0 saturated carbocycles. The van der Waals surface area contributed by atoms with Gasteiger partial charge in [0.15, 0.2) is 5.17 Å². The van der Waals surface area contributed by atoms with E-state index in [9.17, 15) is 14.0 Å². The maximum Gasteiger partial charge on any atom is 0.335 e. The summed E-state index contributed by atoms with van der Waals surface area (Å²) in [5.74, 6) is -1.63. The SMILES string of the molecule is CCN1C(=O)/C(=C/c2cccc(F)c2)SC1=Nc1cccc(C(=O)O)c1. The van der Waals surface area contributed by atoms with E-state index in [0.29, 0.717) is 27.9 Å². The fourth-order valence-electron chi connectivity index (χ4n) is 2.44. The monoisotopic (exact) mass is 370 g/mol. The molecule has 1 fully saturated rings. The maximum absolute atomic E-state index is 13.3. The van der Waals surface area contributed by atoms with Gasteiger partial charge in [0.05, 0.1) is 16.2 Å². The molecule has 1 N–H and O–H groups in total. The molecule has 2 aromatic carbocycles. The van der Waals surface area contributed by atoms with Gasteiger partial charge in [0, 0.05) is 6.54 Å². The van der Waals surface area contributed by atoms with E-state index in [4.69, 9.17) is 5.11 Å². The van der Waals surface area contributed by atoms with Crippen molar-refractivity contribution in [2.24, 2.45) is 4.99 Å². The van der Waals surface area contributed by atoms with E-state index in [-0.39, 0.29) is 17.3 Å². The number of benzene rings is 2. The Morgan fingerprint density at radius 1 is 1.27 bits per heavy atom. The minimum atomic E-state index is -1.04. The second kappa shape index (κ2) is 7.53. The first-order chi connectivity index (χ1) is 12.5. The van der Waals surface area contributed by atoms with Crippen LogP contribution in [-0.2, 0) is 4.79 Å². The van der Waals surface area contributed by atoms with Crippen molar-refractivity contribution in [3.8, 4) is 0 Å². The molecule has 0 radical (unpaired) electrons. The van der Waals surface area contributed by atoms with Crippen molar-refractivity contribution in [3.63, 3.8) is 0 Å². The van der Waals surface area contributed by atoms with Crippen LogP contribution in [0.1, 0.15) is 22.8 Å². The fourth-order valence-corrected chi connectivity index (χ4v) is 3.50. The number of amidine groups is 1. The normalized spacial score (nSPS) is 17.3. The molecular formula is C19H15FN2O3S. The number of thioether (sulfide) groups is 1. The molecule has 1 heterocycles. The number of aromatic carboxylic acids is 1. The van der Waals surface area contributed by atoms with E-state index in [1.807, 2.05) is 6.92 Å². The minimum Gasteiger partial charge on any atom is -0.478 e. The summed E-state index contributed by atoms with van der Waals surface area (Å²) in [7, 11) is 0. The van der Waals surface area contributed by atoms with Crippen molar-refractivity contribution in [2.75, 3.05) is 6.54 Å². The first-order valence-corrected chi connectivity index (χ1v) is 8.68. The van der Waals surface area contributed by atoms with Gasteiger partial charge in [0.2, 0.25) is 0 Å². The van der Waals surface area contributed by atoms with Crippen LogP contribution in [0.25, 0.3) is 6.08 Å². The van der Waals surface area contributed by atoms with Gasteiger partial charge in [-0.2, -0.15) is 0 Å². The highest BCUT2D eigenvalue weighted by Gasteiger charge is 2.32. The third kappa shape index (κ3) is 3.83.